The maximum Gasteiger partial charge on any atom is 0.326 e. The number of likely N-dealkylation sites (tertiary alicyclic amines) is 1. The molecule has 96 valence electrons. The number of carbonyl (C=O) groups is 1. The summed E-state index contributed by atoms with van der Waals surface area (Å²) in [5.74, 6) is -0.230. The molecule has 0 aromatic rings. The van der Waals surface area contributed by atoms with E-state index in [0.717, 1.165) is 13.1 Å². The molecule has 0 atom stereocenters. The second-order valence-corrected chi connectivity index (χ2v) is 4.26. The van der Waals surface area contributed by atoms with Crippen LogP contribution in [0.15, 0.2) is 5.11 Å². The Kier molecular flexibility index (Phi) is 5.21. The van der Waals surface area contributed by atoms with Crippen LogP contribution >= 0.6 is 0 Å². The summed E-state index contributed by atoms with van der Waals surface area (Å²) in [5, 5.41) is 6.62. The first-order valence-electron chi connectivity index (χ1n) is 5.67. The van der Waals surface area contributed by atoms with Crippen molar-refractivity contribution in [2.75, 3.05) is 40.3 Å². The van der Waals surface area contributed by atoms with Crippen molar-refractivity contribution in [3.63, 3.8) is 0 Å². The number of nitrogens with zero attached hydrogens (tertiary/aromatic N) is 4. The lowest BCUT2D eigenvalue weighted by Gasteiger charge is -2.38. The first-order valence-corrected chi connectivity index (χ1v) is 5.67. The normalized spacial score (nSPS) is 19.4. The van der Waals surface area contributed by atoms with E-state index in [1.165, 1.54) is 7.11 Å². The Morgan fingerprint density at radius 3 is 2.76 bits per heavy atom. The van der Waals surface area contributed by atoms with Crippen LogP contribution in [0.25, 0.3) is 10.4 Å². The smallest absolute Gasteiger partial charge is 0.326 e. The molecule has 17 heavy (non-hydrogen) atoms. The fraction of sp³-hybridized carbons (Fsp3) is 0.900. The van der Waals surface area contributed by atoms with E-state index >= 15 is 0 Å². The van der Waals surface area contributed by atoms with Gasteiger partial charge in [-0.25, -0.2) is 0 Å². The van der Waals surface area contributed by atoms with E-state index in [9.17, 15) is 4.79 Å². The molecule has 0 radical (unpaired) electrons. The van der Waals surface area contributed by atoms with Gasteiger partial charge in [-0.05, 0) is 25.4 Å². The van der Waals surface area contributed by atoms with Crippen LogP contribution in [0.4, 0.5) is 0 Å². The molecule has 0 saturated carbocycles. The first kappa shape index (κ1) is 13.8. The molecule has 0 amide bonds. The number of methoxy groups -OCH3 is 1. The summed E-state index contributed by atoms with van der Waals surface area (Å²) in [6, 6.07) is 0. The van der Waals surface area contributed by atoms with Crippen LogP contribution in [0.3, 0.4) is 0 Å². The summed E-state index contributed by atoms with van der Waals surface area (Å²) in [5.41, 5.74) is 7.57. The number of esters is 1. The Bertz CT molecular complexity index is 306. The molecular formula is C10H19N5O2. The number of rotatable bonds is 5. The topological polar surface area (TPSA) is 90.3 Å². The van der Waals surface area contributed by atoms with Crippen molar-refractivity contribution in [1.82, 2.24) is 10.2 Å². The average molecular weight is 241 g/mol. The fourth-order valence-corrected chi connectivity index (χ4v) is 2.04. The van der Waals surface area contributed by atoms with Gasteiger partial charge in [-0.1, -0.05) is 5.11 Å². The van der Waals surface area contributed by atoms with E-state index in [0.29, 0.717) is 25.9 Å². The van der Waals surface area contributed by atoms with Gasteiger partial charge in [-0.15, -0.1) is 0 Å². The number of piperidine rings is 1. The predicted octanol–water partition coefficient (Wildman–Crippen LogP) is 0.524. The minimum absolute atomic E-state index is 0.230. The molecule has 7 heteroatoms. The van der Waals surface area contributed by atoms with E-state index in [2.05, 4.69) is 20.2 Å². The van der Waals surface area contributed by atoms with Crippen LogP contribution in [0.1, 0.15) is 12.8 Å². The SMILES string of the molecule is COC(=O)C1(NCCN=[N+]=[N-])CCN(C)CC1. The number of azide groups is 1. The second kappa shape index (κ2) is 6.44. The summed E-state index contributed by atoms with van der Waals surface area (Å²) < 4.78 is 4.86. The number of hydrogen-bond donors (Lipinski definition) is 1. The van der Waals surface area contributed by atoms with Gasteiger partial charge in [-0.3, -0.25) is 4.79 Å². The largest absolute Gasteiger partial charge is 0.468 e. The number of carbonyl (C=O) groups excluding carboxylic acids is 1. The molecule has 0 spiro atoms. The van der Waals surface area contributed by atoms with E-state index in [1.807, 2.05) is 7.05 Å². The van der Waals surface area contributed by atoms with E-state index < -0.39 is 5.54 Å². The van der Waals surface area contributed by atoms with E-state index in [4.69, 9.17) is 10.3 Å². The highest BCUT2D eigenvalue weighted by molar-refractivity contribution is 5.81. The highest BCUT2D eigenvalue weighted by Crippen LogP contribution is 2.22. The first-order chi connectivity index (χ1) is 8.14. The Hall–Kier alpha value is -1.30. The van der Waals surface area contributed by atoms with Crippen LogP contribution in [0, 0.1) is 0 Å². The summed E-state index contributed by atoms with van der Waals surface area (Å²) in [6.45, 7) is 2.53. The number of ether oxygens (including phenoxy) is 1. The molecule has 1 fully saturated rings. The van der Waals surface area contributed by atoms with Gasteiger partial charge in [0.25, 0.3) is 0 Å². The molecule has 0 unspecified atom stereocenters. The van der Waals surface area contributed by atoms with Gasteiger partial charge in [0.15, 0.2) is 0 Å². The molecule has 1 N–H and O–H groups in total. The average Bonchev–Trinajstić information content (AvgIpc) is 2.36. The predicted molar refractivity (Wildman–Crippen MR) is 63.5 cm³/mol. The Balaban J connectivity index is 2.59. The maximum atomic E-state index is 11.9. The van der Waals surface area contributed by atoms with E-state index in [-0.39, 0.29) is 5.97 Å². The second-order valence-electron chi connectivity index (χ2n) is 4.26. The third kappa shape index (κ3) is 3.59. The van der Waals surface area contributed by atoms with Crippen molar-refractivity contribution in [2.45, 2.75) is 18.4 Å². The molecule has 1 heterocycles. The number of hydrogen-bond acceptors (Lipinski definition) is 5. The summed E-state index contributed by atoms with van der Waals surface area (Å²) >= 11 is 0. The Labute approximate surface area is 101 Å². The lowest BCUT2D eigenvalue weighted by atomic mass is 9.87. The van der Waals surface area contributed by atoms with Crippen molar-refractivity contribution in [1.29, 1.82) is 0 Å². The lowest BCUT2D eigenvalue weighted by molar-refractivity contribution is -0.150. The third-order valence-electron chi connectivity index (χ3n) is 3.16. The molecule has 1 saturated heterocycles. The zero-order chi connectivity index (χ0) is 12.7. The van der Waals surface area contributed by atoms with Crippen molar-refractivity contribution >= 4 is 5.97 Å². The standard InChI is InChI=1S/C10H19N5O2/c1-15-7-3-10(4-8-15,9(16)17-2)12-5-6-13-14-11/h12H,3-8H2,1-2H3. The molecule has 1 aliphatic heterocycles. The van der Waals surface area contributed by atoms with Crippen LogP contribution in [0.2, 0.25) is 0 Å². The van der Waals surface area contributed by atoms with Gasteiger partial charge in [0.2, 0.25) is 0 Å². The zero-order valence-corrected chi connectivity index (χ0v) is 10.3. The third-order valence-corrected chi connectivity index (χ3v) is 3.16. The lowest BCUT2D eigenvalue weighted by Crippen LogP contribution is -2.58. The maximum absolute atomic E-state index is 11.9. The highest BCUT2D eigenvalue weighted by Gasteiger charge is 2.41. The van der Waals surface area contributed by atoms with Crippen LogP contribution in [-0.2, 0) is 9.53 Å². The molecule has 1 aliphatic rings. The molecule has 0 aliphatic carbocycles. The monoisotopic (exact) mass is 241 g/mol. The van der Waals surface area contributed by atoms with Gasteiger partial charge >= 0.3 is 5.97 Å². The van der Waals surface area contributed by atoms with Crippen LogP contribution in [0.5, 0.6) is 0 Å². The molecule has 0 aromatic carbocycles. The summed E-state index contributed by atoms with van der Waals surface area (Å²) in [4.78, 5) is 16.7. The van der Waals surface area contributed by atoms with Gasteiger partial charge in [0, 0.05) is 31.1 Å². The minimum Gasteiger partial charge on any atom is -0.468 e. The number of nitrogens with one attached hydrogen (secondary N) is 1. The van der Waals surface area contributed by atoms with Gasteiger partial charge in [0.1, 0.15) is 5.54 Å². The summed E-state index contributed by atoms with van der Waals surface area (Å²) in [6.07, 6.45) is 1.43. The van der Waals surface area contributed by atoms with Crippen molar-refractivity contribution in [3.8, 4) is 0 Å². The fourth-order valence-electron chi connectivity index (χ4n) is 2.04. The highest BCUT2D eigenvalue weighted by atomic mass is 16.5. The van der Waals surface area contributed by atoms with Crippen molar-refractivity contribution in [2.24, 2.45) is 5.11 Å². The quantitative estimate of drug-likeness (QED) is 0.250. The Morgan fingerprint density at radius 1 is 1.59 bits per heavy atom. The van der Waals surface area contributed by atoms with Gasteiger partial charge in [0.05, 0.1) is 7.11 Å². The van der Waals surface area contributed by atoms with Crippen molar-refractivity contribution in [3.05, 3.63) is 10.4 Å². The zero-order valence-electron chi connectivity index (χ0n) is 10.3. The molecule has 7 nitrogen and oxygen atoms in total. The molecule has 0 bridgehead atoms. The molecule has 1 rings (SSSR count). The van der Waals surface area contributed by atoms with Crippen LogP contribution in [-0.4, -0.2) is 56.7 Å². The van der Waals surface area contributed by atoms with E-state index in [1.54, 1.807) is 0 Å². The Morgan fingerprint density at radius 2 is 2.24 bits per heavy atom. The minimum atomic E-state index is -0.619. The summed E-state index contributed by atoms with van der Waals surface area (Å²) in [7, 11) is 3.43. The van der Waals surface area contributed by atoms with Crippen molar-refractivity contribution < 1.29 is 9.53 Å². The van der Waals surface area contributed by atoms with Crippen LogP contribution < -0.4 is 5.32 Å². The molecule has 0 aromatic heterocycles. The van der Waals surface area contributed by atoms with Gasteiger partial charge < -0.3 is 15.0 Å². The molecular weight excluding hydrogens is 222 g/mol. The van der Waals surface area contributed by atoms with Gasteiger partial charge in [-0.2, -0.15) is 0 Å².